The van der Waals surface area contributed by atoms with Crippen molar-refractivity contribution in [2.75, 3.05) is 13.1 Å². The first-order valence-electron chi connectivity index (χ1n) is 7.82. The molecule has 3 heteroatoms. The van der Waals surface area contributed by atoms with Gasteiger partial charge in [0.25, 0.3) is 0 Å². The van der Waals surface area contributed by atoms with E-state index >= 15 is 0 Å². The van der Waals surface area contributed by atoms with Crippen molar-refractivity contribution < 1.29 is 4.79 Å². The van der Waals surface area contributed by atoms with Gasteiger partial charge in [-0.25, -0.2) is 0 Å². The molecule has 20 heavy (non-hydrogen) atoms. The lowest BCUT2D eigenvalue weighted by Crippen LogP contribution is -2.42. The topological polar surface area (TPSA) is 46.3 Å². The molecule has 3 rings (SSSR count). The van der Waals surface area contributed by atoms with Crippen LogP contribution in [0.2, 0.25) is 0 Å². The van der Waals surface area contributed by atoms with E-state index in [2.05, 4.69) is 17.0 Å². The molecule has 0 heterocycles. The van der Waals surface area contributed by atoms with Crippen molar-refractivity contribution >= 4 is 5.91 Å². The highest BCUT2D eigenvalue weighted by Gasteiger charge is 2.38. The zero-order valence-corrected chi connectivity index (χ0v) is 12.0. The third kappa shape index (κ3) is 3.40. The lowest BCUT2D eigenvalue weighted by molar-refractivity contribution is -0.136. The van der Waals surface area contributed by atoms with Crippen LogP contribution in [0.1, 0.15) is 31.2 Å². The van der Waals surface area contributed by atoms with Gasteiger partial charge in [-0.3, -0.25) is 4.79 Å². The highest BCUT2D eigenvalue weighted by atomic mass is 16.2. The molecule has 108 valence electrons. The molecule has 0 spiro atoms. The number of nitrogens with zero attached hydrogens (tertiary/aromatic N) is 1. The van der Waals surface area contributed by atoms with Gasteiger partial charge in [-0.15, -0.1) is 0 Å². The van der Waals surface area contributed by atoms with Crippen molar-refractivity contribution in [3.05, 3.63) is 35.9 Å². The van der Waals surface area contributed by atoms with E-state index in [1.807, 2.05) is 18.2 Å². The molecule has 0 aromatic heterocycles. The summed E-state index contributed by atoms with van der Waals surface area (Å²) in [6.07, 6.45) is 5.72. The minimum absolute atomic E-state index is 0.0586. The van der Waals surface area contributed by atoms with Gasteiger partial charge in [0.05, 0.1) is 5.92 Å². The third-order valence-electron chi connectivity index (χ3n) is 4.38. The van der Waals surface area contributed by atoms with Gasteiger partial charge >= 0.3 is 0 Å². The van der Waals surface area contributed by atoms with Gasteiger partial charge in [0.2, 0.25) is 5.91 Å². The van der Waals surface area contributed by atoms with E-state index in [9.17, 15) is 4.79 Å². The molecule has 3 nitrogen and oxygen atoms in total. The van der Waals surface area contributed by atoms with Crippen LogP contribution in [0.5, 0.6) is 0 Å². The van der Waals surface area contributed by atoms with E-state index in [-0.39, 0.29) is 11.8 Å². The molecule has 2 saturated carbocycles. The number of amides is 1. The predicted octanol–water partition coefficient (Wildman–Crippen LogP) is 2.21. The number of nitrogens with two attached hydrogens (primary N) is 1. The summed E-state index contributed by atoms with van der Waals surface area (Å²) >= 11 is 0. The SMILES string of the molecule is NCC(Cc1ccccc1)C(=O)N(CC1CC1)C1CC1. The fourth-order valence-corrected chi connectivity index (χ4v) is 2.79. The quantitative estimate of drug-likeness (QED) is 0.827. The monoisotopic (exact) mass is 272 g/mol. The molecule has 1 aromatic carbocycles. The van der Waals surface area contributed by atoms with E-state index in [0.717, 1.165) is 18.9 Å². The number of carbonyl (C=O) groups is 1. The zero-order chi connectivity index (χ0) is 13.9. The Bertz CT molecular complexity index is 451. The van der Waals surface area contributed by atoms with Crippen LogP contribution in [0, 0.1) is 11.8 Å². The standard InChI is InChI=1S/C17H24N2O/c18-11-15(10-13-4-2-1-3-5-13)17(20)19(16-8-9-16)12-14-6-7-14/h1-5,14-16H,6-12,18H2. The van der Waals surface area contributed by atoms with Crippen molar-refractivity contribution in [2.45, 2.75) is 38.1 Å². The molecule has 2 aliphatic carbocycles. The minimum Gasteiger partial charge on any atom is -0.339 e. The first-order chi connectivity index (χ1) is 9.78. The summed E-state index contributed by atoms with van der Waals surface area (Å²) < 4.78 is 0. The van der Waals surface area contributed by atoms with Crippen molar-refractivity contribution in [3.8, 4) is 0 Å². The smallest absolute Gasteiger partial charge is 0.227 e. The summed E-state index contributed by atoms with van der Waals surface area (Å²) in [6.45, 7) is 1.41. The molecule has 1 unspecified atom stereocenters. The van der Waals surface area contributed by atoms with Gasteiger partial charge in [-0.1, -0.05) is 30.3 Å². The van der Waals surface area contributed by atoms with Crippen LogP contribution in [0.3, 0.4) is 0 Å². The van der Waals surface area contributed by atoms with Crippen LogP contribution in [-0.4, -0.2) is 29.9 Å². The van der Waals surface area contributed by atoms with Crippen LogP contribution in [0.15, 0.2) is 30.3 Å². The molecule has 2 fully saturated rings. The number of hydrogen-bond donors (Lipinski definition) is 1. The first kappa shape index (κ1) is 13.6. The average Bonchev–Trinajstić information content (AvgIpc) is 3.36. The van der Waals surface area contributed by atoms with Crippen molar-refractivity contribution in [1.82, 2.24) is 4.90 Å². The Morgan fingerprint density at radius 1 is 1.20 bits per heavy atom. The summed E-state index contributed by atoms with van der Waals surface area (Å²) in [5.74, 6) is 0.984. The van der Waals surface area contributed by atoms with E-state index in [4.69, 9.17) is 5.73 Å². The average molecular weight is 272 g/mol. The van der Waals surface area contributed by atoms with Crippen LogP contribution >= 0.6 is 0 Å². The van der Waals surface area contributed by atoms with E-state index in [1.54, 1.807) is 0 Å². The van der Waals surface area contributed by atoms with E-state index in [1.165, 1.54) is 31.2 Å². The molecule has 1 atom stereocenters. The van der Waals surface area contributed by atoms with Crippen molar-refractivity contribution in [2.24, 2.45) is 17.6 Å². The molecular formula is C17H24N2O. The highest BCUT2D eigenvalue weighted by molar-refractivity contribution is 5.80. The van der Waals surface area contributed by atoms with Gasteiger partial charge in [-0.05, 0) is 43.6 Å². The third-order valence-corrected chi connectivity index (χ3v) is 4.38. The maximum Gasteiger partial charge on any atom is 0.227 e. The molecule has 1 amide bonds. The van der Waals surface area contributed by atoms with Gasteiger partial charge in [0, 0.05) is 19.1 Å². The second-order valence-electron chi connectivity index (χ2n) is 6.29. The van der Waals surface area contributed by atoms with Crippen molar-refractivity contribution in [1.29, 1.82) is 0 Å². The van der Waals surface area contributed by atoms with Crippen molar-refractivity contribution in [3.63, 3.8) is 0 Å². The predicted molar refractivity (Wildman–Crippen MR) is 80.1 cm³/mol. The molecule has 2 aliphatic rings. The molecule has 0 bridgehead atoms. The molecule has 0 aliphatic heterocycles. The number of rotatable bonds is 7. The molecule has 1 aromatic rings. The second-order valence-corrected chi connectivity index (χ2v) is 6.29. The van der Waals surface area contributed by atoms with E-state index in [0.29, 0.717) is 12.6 Å². The molecular weight excluding hydrogens is 248 g/mol. The lowest BCUT2D eigenvalue weighted by Gasteiger charge is -2.27. The summed E-state index contributed by atoms with van der Waals surface area (Å²) in [5, 5.41) is 0. The fraction of sp³-hybridized carbons (Fsp3) is 0.588. The maximum absolute atomic E-state index is 12.8. The van der Waals surface area contributed by atoms with E-state index < -0.39 is 0 Å². The first-order valence-corrected chi connectivity index (χ1v) is 7.82. The molecule has 0 radical (unpaired) electrons. The summed E-state index contributed by atoms with van der Waals surface area (Å²) in [7, 11) is 0. The molecule has 0 saturated heterocycles. The summed E-state index contributed by atoms with van der Waals surface area (Å²) in [5.41, 5.74) is 7.09. The van der Waals surface area contributed by atoms with Crippen LogP contribution < -0.4 is 5.73 Å². The highest BCUT2D eigenvalue weighted by Crippen LogP contribution is 2.35. The fourth-order valence-electron chi connectivity index (χ4n) is 2.79. The Morgan fingerprint density at radius 3 is 2.45 bits per heavy atom. The van der Waals surface area contributed by atoms with Crippen LogP contribution in [-0.2, 0) is 11.2 Å². The summed E-state index contributed by atoms with van der Waals surface area (Å²) in [4.78, 5) is 14.9. The summed E-state index contributed by atoms with van der Waals surface area (Å²) in [6, 6.07) is 10.7. The normalized spacial score (nSPS) is 19.6. The van der Waals surface area contributed by atoms with Gasteiger partial charge in [0.1, 0.15) is 0 Å². The molecule has 2 N–H and O–H groups in total. The second kappa shape index (κ2) is 5.96. The van der Waals surface area contributed by atoms with Crippen LogP contribution in [0.25, 0.3) is 0 Å². The van der Waals surface area contributed by atoms with Gasteiger partial charge in [0.15, 0.2) is 0 Å². The minimum atomic E-state index is -0.0586. The lowest BCUT2D eigenvalue weighted by atomic mass is 9.97. The largest absolute Gasteiger partial charge is 0.339 e. The van der Waals surface area contributed by atoms with Crippen LogP contribution in [0.4, 0.5) is 0 Å². The Balaban J connectivity index is 1.65. The number of benzene rings is 1. The zero-order valence-electron chi connectivity index (χ0n) is 12.0. The van der Waals surface area contributed by atoms with Gasteiger partial charge < -0.3 is 10.6 Å². The Hall–Kier alpha value is -1.35. The number of carbonyl (C=O) groups excluding carboxylic acids is 1. The van der Waals surface area contributed by atoms with Gasteiger partial charge in [-0.2, -0.15) is 0 Å². The number of hydrogen-bond acceptors (Lipinski definition) is 2. The maximum atomic E-state index is 12.8. The Kier molecular flexibility index (Phi) is 4.06. The Morgan fingerprint density at radius 2 is 1.90 bits per heavy atom. The Labute approximate surface area is 121 Å².